The molecule has 3 aromatic rings. The quantitative estimate of drug-likeness (QED) is 0.596. The number of hydrogen-bond donors (Lipinski definition) is 0. The third kappa shape index (κ3) is 3.69. The predicted octanol–water partition coefficient (Wildman–Crippen LogP) is 5.08. The van der Waals surface area contributed by atoms with E-state index in [1.165, 1.54) is 24.3 Å². The molecule has 0 N–H and O–H groups in total. The second-order valence-corrected chi connectivity index (χ2v) is 7.02. The van der Waals surface area contributed by atoms with Crippen LogP contribution in [0.1, 0.15) is 32.2 Å². The van der Waals surface area contributed by atoms with Crippen LogP contribution in [-0.2, 0) is 12.1 Å². The molecule has 0 radical (unpaired) electrons. The van der Waals surface area contributed by atoms with Crippen LogP contribution in [0.2, 0.25) is 5.02 Å². The molecule has 0 aliphatic heterocycles. The van der Waals surface area contributed by atoms with Gasteiger partial charge in [-0.3, -0.25) is 0 Å². The van der Waals surface area contributed by atoms with E-state index in [2.05, 4.69) is 10.2 Å². The minimum absolute atomic E-state index is 0.0196. The van der Waals surface area contributed by atoms with Crippen LogP contribution < -0.4 is 4.74 Å². The highest BCUT2D eigenvalue weighted by atomic mass is 35.5. The molecule has 1 heterocycles. The van der Waals surface area contributed by atoms with Gasteiger partial charge in [0.05, 0.1) is 17.2 Å². The molecule has 0 spiro atoms. The standard InChI is InChI=1S/C20H17ClF2N4O/c1-4-27-18(14-7-5-12(11-24)9-15(14)22)25-26-19(27)20(2,3)28-17-8-6-13(21)10-16(17)23/h5-10H,4H2,1-3H3. The van der Waals surface area contributed by atoms with Crippen molar-refractivity contribution in [3.8, 4) is 23.2 Å². The maximum absolute atomic E-state index is 14.5. The van der Waals surface area contributed by atoms with E-state index in [9.17, 15) is 8.78 Å². The molecule has 0 bridgehead atoms. The molecular weight excluding hydrogens is 386 g/mol. The molecule has 0 aliphatic carbocycles. The van der Waals surface area contributed by atoms with Crippen LogP contribution in [0, 0.1) is 23.0 Å². The Morgan fingerprint density at radius 2 is 1.89 bits per heavy atom. The summed E-state index contributed by atoms with van der Waals surface area (Å²) in [6.07, 6.45) is 0. The molecular formula is C20H17ClF2N4O. The van der Waals surface area contributed by atoms with Crippen molar-refractivity contribution in [3.63, 3.8) is 0 Å². The molecule has 2 aromatic carbocycles. The van der Waals surface area contributed by atoms with Gasteiger partial charge in [-0.25, -0.2) is 8.78 Å². The van der Waals surface area contributed by atoms with Gasteiger partial charge in [-0.1, -0.05) is 11.6 Å². The summed E-state index contributed by atoms with van der Waals surface area (Å²) in [5.41, 5.74) is -0.627. The van der Waals surface area contributed by atoms with E-state index < -0.39 is 17.2 Å². The molecule has 0 saturated heterocycles. The Morgan fingerprint density at radius 3 is 2.50 bits per heavy atom. The van der Waals surface area contributed by atoms with E-state index in [1.54, 1.807) is 18.4 Å². The Kier molecular flexibility index (Phi) is 5.34. The molecule has 0 unspecified atom stereocenters. The van der Waals surface area contributed by atoms with Crippen molar-refractivity contribution in [2.24, 2.45) is 0 Å². The lowest BCUT2D eigenvalue weighted by molar-refractivity contribution is 0.0885. The van der Waals surface area contributed by atoms with Gasteiger partial charge in [0.15, 0.2) is 28.8 Å². The third-order valence-corrected chi connectivity index (χ3v) is 4.44. The molecule has 1 aromatic heterocycles. The molecule has 0 aliphatic rings. The maximum atomic E-state index is 14.5. The van der Waals surface area contributed by atoms with Gasteiger partial charge in [-0.15, -0.1) is 10.2 Å². The van der Waals surface area contributed by atoms with Crippen LogP contribution in [-0.4, -0.2) is 14.8 Å². The Hall–Kier alpha value is -2.98. The van der Waals surface area contributed by atoms with Crippen molar-refractivity contribution in [2.75, 3.05) is 0 Å². The van der Waals surface area contributed by atoms with Crippen LogP contribution in [0.15, 0.2) is 36.4 Å². The van der Waals surface area contributed by atoms with Gasteiger partial charge >= 0.3 is 0 Å². The molecule has 0 fully saturated rings. The summed E-state index contributed by atoms with van der Waals surface area (Å²) in [4.78, 5) is 0. The summed E-state index contributed by atoms with van der Waals surface area (Å²) < 4.78 is 36.1. The summed E-state index contributed by atoms with van der Waals surface area (Å²) >= 11 is 5.78. The summed E-state index contributed by atoms with van der Waals surface area (Å²) in [6, 6.07) is 10.2. The van der Waals surface area contributed by atoms with E-state index >= 15 is 0 Å². The smallest absolute Gasteiger partial charge is 0.177 e. The minimum Gasteiger partial charge on any atom is -0.477 e. The molecule has 0 atom stereocenters. The number of hydrogen-bond acceptors (Lipinski definition) is 4. The number of halogens is 3. The molecule has 28 heavy (non-hydrogen) atoms. The Bertz CT molecular complexity index is 1070. The molecule has 144 valence electrons. The van der Waals surface area contributed by atoms with Crippen LogP contribution in [0.5, 0.6) is 5.75 Å². The first-order valence-corrected chi connectivity index (χ1v) is 8.92. The first-order valence-electron chi connectivity index (χ1n) is 8.54. The first kappa shape index (κ1) is 19.8. The van der Waals surface area contributed by atoms with Gasteiger partial charge in [-0.2, -0.15) is 5.26 Å². The maximum Gasteiger partial charge on any atom is 0.177 e. The first-order chi connectivity index (χ1) is 13.3. The van der Waals surface area contributed by atoms with E-state index in [4.69, 9.17) is 21.6 Å². The Morgan fingerprint density at radius 1 is 1.14 bits per heavy atom. The normalized spacial score (nSPS) is 11.3. The highest BCUT2D eigenvalue weighted by Crippen LogP contribution is 2.32. The largest absolute Gasteiger partial charge is 0.477 e. The van der Waals surface area contributed by atoms with E-state index in [1.807, 2.05) is 13.0 Å². The van der Waals surface area contributed by atoms with Crippen molar-refractivity contribution >= 4 is 11.6 Å². The topological polar surface area (TPSA) is 63.7 Å². The SMILES string of the molecule is CCn1c(-c2ccc(C#N)cc2F)nnc1C(C)(C)Oc1ccc(Cl)cc1F. The van der Waals surface area contributed by atoms with Crippen molar-refractivity contribution in [3.05, 3.63) is 64.4 Å². The Balaban J connectivity index is 2.02. The lowest BCUT2D eigenvalue weighted by Crippen LogP contribution is -2.30. The average molecular weight is 403 g/mol. The summed E-state index contributed by atoms with van der Waals surface area (Å²) in [7, 11) is 0. The highest BCUT2D eigenvalue weighted by Gasteiger charge is 2.32. The van der Waals surface area contributed by atoms with Crippen LogP contribution >= 0.6 is 11.6 Å². The van der Waals surface area contributed by atoms with Crippen LogP contribution in [0.3, 0.4) is 0 Å². The van der Waals surface area contributed by atoms with Gasteiger partial charge < -0.3 is 9.30 Å². The zero-order valence-corrected chi connectivity index (χ0v) is 16.3. The molecule has 0 amide bonds. The average Bonchev–Trinajstić information content (AvgIpc) is 3.08. The van der Waals surface area contributed by atoms with E-state index in [0.29, 0.717) is 18.2 Å². The number of benzene rings is 2. The molecule has 8 heteroatoms. The number of nitriles is 1. The fourth-order valence-corrected chi connectivity index (χ4v) is 3.05. The zero-order valence-electron chi connectivity index (χ0n) is 15.5. The zero-order chi connectivity index (χ0) is 20.5. The monoisotopic (exact) mass is 402 g/mol. The second-order valence-electron chi connectivity index (χ2n) is 6.59. The van der Waals surface area contributed by atoms with Gasteiger partial charge in [0.1, 0.15) is 5.82 Å². The predicted molar refractivity (Wildman–Crippen MR) is 101 cm³/mol. The van der Waals surface area contributed by atoms with Crippen molar-refractivity contribution < 1.29 is 13.5 Å². The molecule has 0 saturated carbocycles. The van der Waals surface area contributed by atoms with Gasteiger partial charge in [0.25, 0.3) is 0 Å². The van der Waals surface area contributed by atoms with Crippen molar-refractivity contribution in [1.29, 1.82) is 5.26 Å². The van der Waals surface area contributed by atoms with E-state index in [-0.39, 0.29) is 21.9 Å². The lowest BCUT2D eigenvalue weighted by atomic mass is 10.1. The van der Waals surface area contributed by atoms with Crippen LogP contribution in [0.25, 0.3) is 11.4 Å². The summed E-state index contributed by atoms with van der Waals surface area (Å²) in [5, 5.41) is 17.5. The van der Waals surface area contributed by atoms with Gasteiger partial charge in [0, 0.05) is 11.6 Å². The number of ether oxygens (including phenoxy) is 1. The Labute approximate surface area is 166 Å². The third-order valence-electron chi connectivity index (χ3n) is 4.20. The number of rotatable bonds is 5. The van der Waals surface area contributed by atoms with Gasteiger partial charge in [-0.05, 0) is 57.2 Å². The number of nitrogens with zero attached hydrogens (tertiary/aromatic N) is 4. The number of aromatic nitrogens is 3. The second kappa shape index (κ2) is 7.56. The van der Waals surface area contributed by atoms with Crippen molar-refractivity contribution in [2.45, 2.75) is 32.9 Å². The summed E-state index contributed by atoms with van der Waals surface area (Å²) in [5.74, 6) is -0.446. The van der Waals surface area contributed by atoms with E-state index in [0.717, 1.165) is 12.1 Å². The highest BCUT2D eigenvalue weighted by molar-refractivity contribution is 6.30. The fourth-order valence-electron chi connectivity index (χ4n) is 2.89. The van der Waals surface area contributed by atoms with Gasteiger partial charge in [0.2, 0.25) is 0 Å². The fraction of sp³-hybridized carbons (Fsp3) is 0.250. The minimum atomic E-state index is -1.06. The van der Waals surface area contributed by atoms with Crippen LogP contribution in [0.4, 0.5) is 8.78 Å². The lowest BCUT2D eigenvalue weighted by Gasteiger charge is -2.26. The molecule has 5 nitrogen and oxygen atoms in total. The summed E-state index contributed by atoms with van der Waals surface area (Å²) in [6.45, 7) is 5.73. The molecule has 3 rings (SSSR count). The van der Waals surface area contributed by atoms with Crippen molar-refractivity contribution in [1.82, 2.24) is 14.8 Å².